The third kappa shape index (κ3) is 1.68. The largest absolute Gasteiger partial charge is 0.451 e. The van der Waals surface area contributed by atoms with E-state index in [0.29, 0.717) is 23.2 Å². The summed E-state index contributed by atoms with van der Waals surface area (Å²) < 4.78 is 6.11. The Morgan fingerprint density at radius 1 is 1.18 bits per heavy atom. The molecule has 6 aliphatic carbocycles. The molecule has 0 amide bonds. The van der Waals surface area contributed by atoms with Crippen LogP contribution in [0.1, 0.15) is 58.3 Å². The average Bonchev–Trinajstić information content (AvgIpc) is 3.60. The molecule has 1 N–H and O–H groups in total. The molecule has 3 unspecified atom stereocenters. The molecule has 2 spiro atoms. The summed E-state index contributed by atoms with van der Waals surface area (Å²) in [6.07, 6.45) is 15.8. The van der Waals surface area contributed by atoms with E-state index in [1.807, 2.05) is 0 Å². The van der Waals surface area contributed by atoms with Crippen molar-refractivity contribution in [3.8, 4) is 0 Å². The summed E-state index contributed by atoms with van der Waals surface area (Å²) in [6, 6.07) is 0. The SMILES string of the molecule is C[C@]12CCC3C(CC4(CC4)C4=C/C(=N/O)CC[C@@H]43)C1[C@@H]1C[C@@H]1[C@@]21C=CC(=O)O1. The summed E-state index contributed by atoms with van der Waals surface area (Å²) in [4.78, 5) is 12.1. The summed E-state index contributed by atoms with van der Waals surface area (Å²) in [5.41, 5.74) is 2.72. The van der Waals surface area contributed by atoms with E-state index in [0.717, 1.165) is 36.3 Å². The Morgan fingerprint density at radius 3 is 2.75 bits per heavy atom. The molecule has 148 valence electrons. The fourth-order valence-corrected chi connectivity index (χ4v) is 9.17. The van der Waals surface area contributed by atoms with Gasteiger partial charge in [-0.15, -0.1) is 0 Å². The maximum atomic E-state index is 12.1. The van der Waals surface area contributed by atoms with Gasteiger partial charge in [-0.1, -0.05) is 17.7 Å². The van der Waals surface area contributed by atoms with Gasteiger partial charge in [0.25, 0.3) is 0 Å². The Balaban J connectivity index is 1.30. The van der Waals surface area contributed by atoms with Crippen LogP contribution in [0.2, 0.25) is 0 Å². The fourth-order valence-electron chi connectivity index (χ4n) is 9.17. The van der Waals surface area contributed by atoms with Gasteiger partial charge in [0, 0.05) is 17.4 Å². The van der Waals surface area contributed by atoms with E-state index in [1.54, 1.807) is 11.6 Å². The van der Waals surface area contributed by atoms with Crippen LogP contribution < -0.4 is 0 Å². The van der Waals surface area contributed by atoms with E-state index in [-0.39, 0.29) is 17.0 Å². The zero-order valence-corrected chi connectivity index (χ0v) is 16.6. The third-order valence-corrected chi connectivity index (χ3v) is 10.4. The van der Waals surface area contributed by atoms with Gasteiger partial charge in [0.2, 0.25) is 0 Å². The molecule has 4 heteroatoms. The number of carbonyl (C=O) groups is 1. The Bertz CT molecular complexity index is 882. The van der Waals surface area contributed by atoms with Crippen molar-refractivity contribution < 1.29 is 14.7 Å². The van der Waals surface area contributed by atoms with E-state index in [2.05, 4.69) is 24.2 Å². The van der Waals surface area contributed by atoms with Gasteiger partial charge >= 0.3 is 5.97 Å². The molecule has 0 aromatic rings. The number of oxime groups is 1. The van der Waals surface area contributed by atoms with Crippen molar-refractivity contribution in [1.82, 2.24) is 0 Å². The molecule has 5 saturated carbocycles. The van der Waals surface area contributed by atoms with Gasteiger partial charge in [-0.2, -0.15) is 0 Å². The zero-order chi connectivity index (χ0) is 18.9. The molecule has 8 atom stereocenters. The molecule has 4 nitrogen and oxygen atoms in total. The summed E-state index contributed by atoms with van der Waals surface area (Å²) in [5.74, 6) is 4.14. The van der Waals surface area contributed by atoms with Crippen molar-refractivity contribution in [3.63, 3.8) is 0 Å². The number of nitrogens with zero attached hydrogens (tertiary/aromatic N) is 1. The van der Waals surface area contributed by atoms with Crippen molar-refractivity contribution in [2.24, 2.45) is 51.5 Å². The molecule has 7 aliphatic rings. The lowest BCUT2D eigenvalue weighted by molar-refractivity contribution is -0.168. The Labute approximate surface area is 166 Å². The van der Waals surface area contributed by atoms with Gasteiger partial charge in [0.15, 0.2) is 0 Å². The summed E-state index contributed by atoms with van der Waals surface area (Å²) >= 11 is 0. The number of esters is 1. The van der Waals surface area contributed by atoms with Gasteiger partial charge in [-0.25, -0.2) is 4.79 Å². The van der Waals surface area contributed by atoms with Gasteiger partial charge in [0.1, 0.15) is 5.60 Å². The van der Waals surface area contributed by atoms with Crippen molar-refractivity contribution in [2.75, 3.05) is 0 Å². The molecule has 1 heterocycles. The van der Waals surface area contributed by atoms with Crippen LogP contribution >= 0.6 is 0 Å². The van der Waals surface area contributed by atoms with Crippen LogP contribution in [0.4, 0.5) is 0 Å². The minimum atomic E-state index is -0.305. The van der Waals surface area contributed by atoms with Crippen molar-refractivity contribution in [1.29, 1.82) is 0 Å². The van der Waals surface area contributed by atoms with Crippen molar-refractivity contribution >= 4 is 11.7 Å². The quantitative estimate of drug-likeness (QED) is 0.383. The first-order valence-electron chi connectivity index (χ1n) is 11.4. The zero-order valence-electron chi connectivity index (χ0n) is 16.6. The normalized spacial score (nSPS) is 55.4. The van der Waals surface area contributed by atoms with Crippen LogP contribution in [-0.4, -0.2) is 22.5 Å². The fraction of sp³-hybridized carbons (Fsp3) is 0.750. The van der Waals surface area contributed by atoms with E-state index < -0.39 is 0 Å². The number of hydrogen-bond donors (Lipinski definition) is 1. The van der Waals surface area contributed by atoms with E-state index in [1.165, 1.54) is 38.5 Å². The highest BCUT2D eigenvalue weighted by molar-refractivity contribution is 5.96. The van der Waals surface area contributed by atoms with Crippen LogP contribution in [0, 0.1) is 46.3 Å². The highest BCUT2D eigenvalue weighted by atomic mass is 16.6. The maximum Gasteiger partial charge on any atom is 0.331 e. The van der Waals surface area contributed by atoms with Crippen molar-refractivity contribution in [3.05, 3.63) is 23.8 Å². The first kappa shape index (κ1) is 16.2. The predicted molar refractivity (Wildman–Crippen MR) is 104 cm³/mol. The average molecular weight is 380 g/mol. The molecular weight excluding hydrogens is 350 g/mol. The van der Waals surface area contributed by atoms with Crippen LogP contribution in [0.15, 0.2) is 29.0 Å². The second-order valence-electron chi connectivity index (χ2n) is 11.2. The first-order chi connectivity index (χ1) is 13.5. The molecule has 0 aromatic heterocycles. The molecule has 0 saturated heterocycles. The highest BCUT2D eigenvalue weighted by Crippen LogP contribution is 2.79. The summed E-state index contributed by atoms with van der Waals surface area (Å²) in [6.45, 7) is 2.45. The number of fused-ring (bicyclic) bond motifs is 10. The second kappa shape index (κ2) is 4.76. The van der Waals surface area contributed by atoms with Crippen LogP contribution in [-0.2, 0) is 9.53 Å². The minimum Gasteiger partial charge on any atom is -0.451 e. The van der Waals surface area contributed by atoms with Gasteiger partial charge in [0.05, 0.1) is 5.71 Å². The van der Waals surface area contributed by atoms with Crippen LogP contribution in [0.5, 0.6) is 0 Å². The lowest BCUT2D eigenvalue weighted by Gasteiger charge is -2.58. The third-order valence-electron chi connectivity index (χ3n) is 10.4. The number of ether oxygens (including phenoxy) is 1. The molecule has 5 fully saturated rings. The Morgan fingerprint density at radius 2 is 2.04 bits per heavy atom. The van der Waals surface area contributed by atoms with Crippen LogP contribution in [0.25, 0.3) is 0 Å². The Hall–Kier alpha value is -1.58. The maximum absolute atomic E-state index is 12.1. The summed E-state index contributed by atoms with van der Waals surface area (Å²) in [5, 5.41) is 12.9. The number of hydrogen-bond acceptors (Lipinski definition) is 4. The van der Waals surface area contributed by atoms with E-state index in [4.69, 9.17) is 4.74 Å². The molecule has 0 bridgehead atoms. The Kier molecular flexibility index (Phi) is 2.76. The number of carbonyl (C=O) groups excluding carboxylic acids is 1. The topological polar surface area (TPSA) is 58.9 Å². The first-order valence-corrected chi connectivity index (χ1v) is 11.4. The minimum absolute atomic E-state index is 0.119. The molecule has 0 radical (unpaired) electrons. The molecule has 28 heavy (non-hydrogen) atoms. The monoisotopic (exact) mass is 379 g/mol. The van der Waals surface area contributed by atoms with Gasteiger partial charge in [-0.05, 0) is 98.5 Å². The number of allylic oxidation sites excluding steroid dienone is 2. The smallest absolute Gasteiger partial charge is 0.331 e. The summed E-state index contributed by atoms with van der Waals surface area (Å²) in [7, 11) is 0. The van der Waals surface area contributed by atoms with E-state index in [9.17, 15) is 10.0 Å². The van der Waals surface area contributed by atoms with E-state index >= 15 is 0 Å². The van der Waals surface area contributed by atoms with Gasteiger partial charge < -0.3 is 9.94 Å². The molecular formula is C24H29NO3. The van der Waals surface area contributed by atoms with Crippen molar-refractivity contribution in [2.45, 2.75) is 63.9 Å². The number of rotatable bonds is 0. The lowest BCUT2D eigenvalue weighted by atomic mass is 9.47. The highest BCUT2D eigenvalue weighted by Gasteiger charge is 2.78. The van der Waals surface area contributed by atoms with Gasteiger partial charge in [-0.3, -0.25) is 0 Å². The van der Waals surface area contributed by atoms with Crippen LogP contribution in [0.3, 0.4) is 0 Å². The molecule has 0 aromatic carbocycles. The standard InChI is InChI=1S/C24H29NO3/c1-22-6-4-14-15-3-2-13(25-27)10-18(15)23(8-9-23)12-17(14)21(22)16-11-19(16)24(22)7-5-20(26)28-24/h5,7,10,14-17,19,21,27H,2-4,6,8-9,11-12H2,1H3/b25-13+/t14?,15-,16-,17?,19+,21?,22+,24+/m1/s1. The predicted octanol–water partition coefficient (Wildman–Crippen LogP) is 4.49. The molecule has 1 aliphatic heterocycles. The lowest BCUT2D eigenvalue weighted by Crippen LogP contribution is -2.55. The molecule has 7 rings (SSSR count). The second-order valence-corrected chi connectivity index (χ2v) is 11.2.